The van der Waals surface area contributed by atoms with Gasteiger partial charge < -0.3 is 4.74 Å². The van der Waals surface area contributed by atoms with E-state index in [1.54, 1.807) is 7.11 Å². The molecular weight excluding hydrogens is 204 g/mol. The van der Waals surface area contributed by atoms with E-state index in [2.05, 4.69) is 4.72 Å². The Bertz CT molecular complexity index is 75.9. The van der Waals surface area contributed by atoms with Crippen molar-refractivity contribution in [1.82, 2.24) is 4.72 Å². The molecule has 0 fully saturated rings. The minimum absolute atomic E-state index is 0.556. The molecule has 2 nitrogen and oxygen atoms in total. The highest BCUT2D eigenvalue weighted by atomic mass is 36.2. The van der Waals surface area contributed by atoms with Gasteiger partial charge in [0.2, 0.25) is 0 Å². The van der Waals surface area contributed by atoms with Crippen LogP contribution in [0, 0.1) is 0 Å². The normalized spacial score (nSPS) is 13.8. The van der Waals surface area contributed by atoms with E-state index in [1.165, 1.54) is 0 Å². The lowest BCUT2D eigenvalue weighted by atomic mass is 10.7. The van der Waals surface area contributed by atoms with E-state index in [0.29, 0.717) is 13.2 Å². The molecule has 6 heteroatoms. The fourth-order valence-corrected chi connectivity index (χ4v) is 1.27. The molecule has 0 heterocycles. The van der Waals surface area contributed by atoms with Crippen molar-refractivity contribution in [3.05, 3.63) is 0 Å². The molecule has 0 unspecified atom stereocenters. The molecule has 0 aromatic carbocycles. The first kappa shape index (κ1) is 10.1. The molecule has 0 aliphatic rings. The van der Waals surface area contributed by atoms with Crippen LogP contribution in [-0.4, -0.2) is 20.3 Å². The molecule has 0 aromatic heterocycles. The van der Waals surface area contributed by atoms with Gasteiger partial charge in [0.1, 0.15) is 0 Å². The Morgan fingerprint density at radius 3 is 2.33 bits per heavy atom. The molecule has 9 heavy (non-hydrogen) atoms. The zero-order valence-electron chi connectivity index (χ0n) is 4.86. The van der Waals surface area contributed by atoms with Crippen molar-refractivity contribution in [2.75, 3.05) is 20.3 Å². The third kappa shape index (κ3) is 9.14. The number of nitrogens with one attached hydrogen (secondary N) is 1. The van der Waals surface area contributed by atoms with Gasteiger partial charge in [-0.2, -0.15) is 0 Å². The molecule has 0 atom stereocenters. The van der Waals surface area contributed by atoms with Crippen molar-refractivity contribution >= 4 is 39.9 Å². The predicted octanol–water partition coefficient (Wildman–Crippen LogP) is 2.40. The molecule has 0 saturated carbocycles. The average Bonchev–Trinajstić information content (AvgIpc) is 1.63. The van der Waals surface area contributed by atoms with Gasteiger partial charge in [-0.15, -0.1) is 0 Å². The summed E-state index contributed by atoms with van der Waals surface area (Å²) in [6, 6.07) is 0. The van der Waals surface area contributed by atoms with Crippen LogP contribution in [0.2, 0.25) is 0 Å². The minimum Gasteiger partial charge on any atom is -0.383 e. The summed E-state index contributed by atoms with van der Waals surface area (Å²) in [5.41, 5.74) is 0. The second-order valence-corrected chi connectivity index (χ2v) is 7.98. The highest BCUT2D eigenvalue weighted by Crippen LogP contribution is 2.58. The monoisotopic (exact) mass is 211 g/mol. The van der Waals surface area contributed by atoms with E-state index in [9.17, 15) is 0 Å². The van der Waals surface area contributed by atoms with Crippen LogP contribution in [0.3, 0.4) is 0 Å². The van der Waals surface area contributed by atoms with Crippen LogP contribution < -0.4 is 4.72 Å². The number of hydrogen-bond donors (Lipinski definition) is 1. The van der Waals surface area contributed by atoms with Gasteiger partial charge >= 0.3 is 0 Å². The molecule has 1 N–H and O–H groups in total. The summed E-state index contributed by atoms with van der Waals surface area (Å²) in [4.78, 5) is 0. The lowest BCUT2D eigenvalue weighted by molar-refractivity contribution is 0.205. The fraction of sp³-hybridized carbons (Fsp3) is 1.00. The Kier molecular flexibility index (Phi) is 5.50. The van der Waals surface area contributed by atoms with Gasteiger partial charge in [-0.1, -0.05) is 0 Å². The van der Waals surface area contributed by atoms with Gasteiger partial charge in [0, 0.05) is 13.7 Å². The molecule has 0 aliphatic carbocycles. The number of methoxy groups -OCH3 is 1. The maximum atomic E-state index is 5.42. The smallest absolute Gasteiger partial charge is 0.0597 e. The van der Waals surface area contributed by atoms with Crippen molar-refractivity contribution in [1.29, 1.82) is 0 Å². The fourth-order valence-electron chi connectivity index (χ4n) is 0.259. The van der Waals surface area contributed by atoms with E-state index in [-0.39, 0.29) is 0 Å². The topological polar surface area (TPSA) is 21.3 Å². The summed E-state index contributed by atoms with van der Waals surface area (Å²) in [6.45, 7) is 1.13. The Morgan fingerprint density at radius 2 is 2.00 bits per heavy atom. The summed E-state index contributed by atoms with van der Waals surface area (Å²) in [7, 11) is 15.7. The van der Waals surface area contributed by atoms with E-state index < -0.39 is 7.85 Å². The lowest BCUT2D eigenvalue weighted by Crippen LogP contribution is -2.14. The van der Waals surface area contributed by atoms with E-state index in [1.807, 2.05) is 0 Å². The molecule has 0 rings (SSSR count). The summed E-state index contributed by atoms with van der Waals surface area (Å²) in [5.74, 6) is 0. The second-order valence-electron chi connectivity index (χ2n) is 1.29. The van der Waals surface area contributed by atoms with Crippen LogP contribution in [-0.2, 0) is 4.74 Å². The van der Waals surface area contributed by atoms with Crippen molar-refractivity contribution in [3.8, 4) is 0 Å². The Morgan fingerprint density at radius 1 is 1.44 bits per heavy atom. The Hall–Kier alpha value is 1.14. The van der Waals surface area contributed by atoms with Crippen LogP contribution in [0.4, 0.5) is 0 Å². The van der Waals surface area contributed by atoms with Crippen molar-refractivity contribution < 1.29 is 4.74 Å². The molecule has 0 spiro atoms. The Labute approximate surface area is 69.7 Å². The molecule has 0 saturated heterocycles. The zero-order chi connectivity index (χ0) is 7.33. The maximum absolute atomic E-state index is 5.42. The maximum Gasteiger partial charge on any atom is 0.0597 e. The predicted molar refractivity (Wildman–Crippen MR) is 45.0 cm³/mol. The third-order valence-corrected chi connectivity index (χ3v) is 2.09. The molecule has 0 aromatic rings. The van der Waals surface area contributed by atoms with Gasteiger partial charge in [0.25, 0.3) is 0 Å². The van der Waals surface area contributed by atoms with Crippen molar-refractivity contribution in [2.24, 2.45) is 0 Å². The first-order chi connectivity index (χ1) is 4.06. The quantitative estimate of drug-likeness (QED) is 0.723. The van der Waals surface area contributed by atoms with Gasteiger partial charge in [-0.25, -0.2) is 4.72 Å². The molecule has 0 radical (unpaired) electrons. The van der Waals surface area contributed by atoms with Gasteiger partial charge in [-0.05, 0) is 32.0 Å². The summed E-state index contributed by atoms with van der Waals surface area (Å²) < 4.78 is 7.39. The second kappa shape index (κ2) is 4.88. The molecule has 58 valence electrons. The van der Waals surface area contributed by atoms with Crippen molar-refractivity contribution in [3.63, 3.8) is 0 Å². The Balaban J connectivity index is 3.07. The molecule has 0 amide bonds. The lowest BCUT2D eigenvalue weighted by Gasteiger charge is -2.15. The molecule has 0 aliphatic heterocycles. The van der Waals surface area contributed by atoms with Crippen molar-refractivity contribution in [2.45, 2.75) is 0 Å². The first-order valence-corrected chi connectivity index (χ1v) is 6.33. The number of ether oxygens (including phenoxy) is 1. The van der Waals surface area contributed by atoms with E-state index >= 15 is 0 Å². The zero-order valence-corrected chi connectivity index (χ0v) is 7.95. The van der Waals surface area contributed by atoms with Crippen LogP contribution in [0.25, 0.3) is 0 Å². The molecular formula is C3H8Cl3NOS. The highest BCUT2D eigenvalue weighted by molar-refractivity contribution is 8.77. The molecule has 0 bridgehead atoms. The van der Waals surface area contributed by atoms with Crippen LogP contribution in [0.5, 0.6) is 0 Å². The van der Waals surface area contributed by atoms with Gasteiger partial charge in [-0.3, -0.25) is 0 Å². The number of halogens is 3. The number of hydrogen-bond acceptors (Lipinski definition) is 2. The van der Waals surface area contributed by atoms with E-state index in [4.69, 9.17) is 36.8 Å². The SMILES string of the molecule is COCCNS(Cl)(Cl)Cl. The third-order valence-electron chi connectivity index (χ3n) is 0.572. The van der Waals surface area contributed by atoms with Crippen LogP contribution >= 0.6 is 39.9 Å². The van der Waals surface area contributed by atoms with E-state index in [0.717, 1.165) is 0 Å². The van der Waals surface area contributed by atoms with Gasteiger partial charge in [0.05, 0.1) is 14.5 Å². The standard InChI is InChI=1S/C3H8Cl3NOS/c1-8-3-2-7-9(4,5)6/h7H,2-3H2,1H3. The minimum atomic E-state index is -2.11. The first-order valence-electron chi connectivity index (χ1n) is 2.22. The van der Waals surface area contributed by atoms with Gasteiger partial charge in [0.15, 0.2) is 0 Å². The van der Waals surface area contributed by atoms with Crippen LogP contribution in [0.15, 0.2) is 0 Å². The van der Waals surface area contributed by atoms with Crippen LogP contribution in [0.1, 0.15) is 0 Å². The summed E-state index contributed by atoms with van der Waals surface area (Å²) in [5, 5.41) is 0. The average molecular weight is 213 g/mol. The highest BCUT2D eigenvalue weighted by Gasteiger charge is 2.09. The summed E-state index contributed by atoms with van der Waals surface area (Å²) >= 11 is 0. The largest absolute Gasteiger partial charge is 0.383 e. The summed E-state index contributed by atoms with van der Waals surface area (Å²) in [6.07, 6.45) is 0. The number of rotatable bonds is 4.